The summed E-state index contributed by atoms with van der Waals surface area (Å²) in [6, 6.07) is 9.10. The Balaban J connectivity index is 2.15. The molecule has 1 aliphatic rings. The molecule has 2 nitrogen and oxygen atoms in total. The summed E-state index contributed by atoms with van der Waals surface area (Å²) in [5.41, 5.74) is 2.66. The van der Waals surface area contributed by atoms with Gasteiger partial charge >= 0.3 is 0 Å². The number of carbonyl (C=O) groups is 1. The molecule has 1 fully saturated rings. The Bertz CT molecular complexity index is 429. The molecule has 1 saturated heterocycles. The summed E-state index contributed by atoms with van der Waals surface area (Å²) in [5.74, 6) is 1.11. The van der Waals surface area contributed by atoms with Crippen molar-refractivity contribution in [1.82, 2.24) is 4.90 Å². The van der Waals surface area contributed by atoms with Gasteiger partial charge in [0, 0.05) is 12.5 Å². The molecule has 0 amide bonds. The first-order valence-corrected chi connectivity index (χ1v) is 7.92. The molecule has 2 heteroatoms. The summed E-state index contributed by atoms with van der Waals surface area (Å²) in [6.07, 6.45) is 4.21. The molecule has 0 radical (unpaired) electrons. The Morgan fingerprint density at radius 3 is 2.35 bits per heavy atom. The fourth-order valence-electron chi connectivity index (χ4n) is 3.05. The second kappa shape index (κ2) is 7.03. The van der Waals surface area contributed by atoms with Crippen LogP contribution in [0.25, 0.3) is 0 Å². The van der Waals surface area contributed by atoms with Gasteiger partial charge < -0.3 is 0 Å². The van der Waals surface area contributed by atoms with E-state index < -0.39 is 0 Å². The van der Waals surface area contributed by atoms with Gasteiger partial charge in [-0.1, -0.05) is 38.1 Å². The quantitative estimate of drug-likeness (QED) is 0.808. The lowest BCUT2D eigenvalue weighted by Gasteiger charge is -2.36. The number of nitrogens with zero attached hydrogens (tertiary/aromatic N) is 1. The summed E-state index contributed by atoms with van der Waals surface area (Å²) in [6.45, 7) is 8.45. The van der Waals surface area contributed by atoms with Crippen LogP contribution >= 0.6 is 0 Å². The molecule has 20 heavy (non-hydrogen) atoms. The molecule has 2 rings (SSSR count). The van der Waals surface area contributed by atoms with E-state index in [1.165, 1.54) is 24.0 Å². The minimum atomic E-state index is 0.269. The average molecular weight is 273 g/mol. The molecule has 1 atom stereocenters. The number of aryl methyl sites for hydroxylation is 1. The van der Waals surface area contributed by atoms with Crippen LogP contribution in [0.15, 0.2) is 24.3 Å². The van der Waals surface area contributed by atoms with Gasteiger partial charge in [-0.05, 0) is 56.3 Å². The van der Waals surface area contributed by atoms with E-state index in [0.717, 1.165) is 25.4 Å². The van der Waals surface area contributed by atoms with Crippen molar-refractivity contribution in [2.75, 3.05) is 13.1 Å². The smallest absolute Gasteiger partial charge is 0.131 e. The van der Waals surface area contributed by atoms with E-state index in [1.807, 2.05) is 0 Å². The van der Waals surface area contributed by atoms with Crippen molar-refractivity contribution in [2.45, 2.75) is 52.5 Å². The molecule has 1 aliphatic heterocycles. The summed E-state index contributed by atoms with van der Waals surface area (Å²) < 4.78 is 0. The van der Waals surface area contributed by atoms with E-state index in [2.05, 4.69) is 43.0 Å². The number of rotatable bonds is 5. The monoisotopic (exact) mass is 273 g/mol. The highest BCUT2D eigenvalue weighted by Gasteiger charge is 2.25. The van der Waals surface area contributed by atoms with Crippen LogP contribution in [0.3, 0.4) is 0 Å². The van der Waals surface area contributed by atoms with Crippen LogP contribution in [0.4, 0.5) is 0 Å². The lowest BCUT2D eigenvalue weighted by molar-refractivity contribution is -0.118. The van der Waals surface area contributed by atoms with Gasteiger partial charge in [-0.3, -0.25) is 9.69 Å². The third kappa shape index (κ3) is 3.92. The molecule has 0 spiro atoms. The van der Waals surface area contributed by atoms with Gasteiger partial charge in [-0.25, -0.2) is 0 Å². The van der Waals surface area contributed by atoms with E-state index >= 15 is 0 Å². The predicted molar refractivity (Wildman–Crippen MR) is 83.8 cm³/mol. The van der Waals surface area contributed by atoms with Gasteiger partial charge in [0.25, 0.3) is 0 Å². The molecule has 0 N–H and O–H groups in total. The average Bonchev–Trinajstić information content (AvgIpc) is 2.46. The second-order valence-corrected chi connectivity index (χ2v) is 6.24. The van der Waals surface area contributed by atoms with Gasteiger partial charge in [0.15, 0.2) is 0 Å². The second-order valence-electron chi connectivity index (χ2n) is 6.24. The molecule has 0 aromatic heterocycles. The highest BCUT2D eigenvalue weighted by Crippen LogP contribution is 2.29. The Morgan fingerprint density at radius 1 is 1.25 bits per heavy atom. The molecule has 0 bridgehead atoms. The summed E-state index contributed by atoms with van der Waals surface area (Å²) in [7, 11) is 0. The SMILES string of the molecule is CCc1ccc(C(CC(C)=O)N2CCC(C)CC2)cc1. The Kier molecular flexibility index (Phi) is 5.36. The maximum absolute atomic E-state index is 11.6. The molecule has 0 aliphatic carbocycles. The third-order valence-corrected chi connectivity index (χ3v) is 4.51. The maximum atomic E-state index is 11.6. The van der Waals surface area contributed by atoms with E-state index in [-0.39, 0.29) is 11.8 Å². The number of carbonyl (C=O) groups excluding carboxylic acids is 1. The minimum Gasteiger partial charge on any atom is -0.300 e. The summed E-state index contributed by atoms with van der Waals surface area (Å²) in [5, 5.41) is 0. The number of ketones is 1. The lowest BCUT2D eigenvalue weighted by atomic mass is 9.93. The van der Waals surface area contributed by atoms with Crippen LogP contribution in [0.1, 0.15) is 57.2 Å². The van der Waals surface area contributed by atoms with E-state index in [9.17, 15) is 4.79 Å². The molecular formula is C18H27NO. The first kappa shape index (κ1) is 15.2. The first-order valence-electron chi connectivity index (χ1n) is 7.92. The van der Waals surface area contributed by atoms with Crippen LogP contribution in [0.2, 0.25) is 0 Å². The van der Waals surface area contributed by atoms with Crippen molar-refractivity contribution in [1.29, 1.82) is 0 Å². The Morgan fingerprint density at radius 2 is 1.85 bits per heavy atom. The van der Waals surface area contributed by atoms with Crippen molar-refractivity contribution in [3.05, 3.63) is 35.4 Å². The molecule has 110 valence electrons. The highest BCUT2D eigenvalue weighted by molar-refractivity contribution is 5.76. The predicted octanol–water partition coefficient (Wildman–Crippen LogP) is 4.00. The van der Waals surface area contributed by atoms with E-state index in [1.54, 1.807) is 6.92 Å². The molecule has 1 heterocycles. The van der Waals surface area contributed by atoms with Crippen LogP contribution in [0, 0.1) is 5.92 Å². The normalized spacial score (nSPS) is 18.9. The van der Waals surface area contributed by atoms with Gasteiger partial charge in [-0.15, -0.1) is 0 Å². The van der Waals surface area contributed by atoms with Gasteiger partial charge in [0.2, 0.25) is 0 Å². The highest BCUT2D eigenvalue weighted by atomic mass is 16.1. The zero-order valence-corrected chi connectivity index (χ0v) is 13.1. The van der Waals surface area contributed by atoms with Gasteiger partial charge in [-0.2, -0.15) is 0 Å². The summed E-state index contributed by atoms with van der Waals surface area (Å²) in [4.78, 5) is 14.1. The number of hydrogen-bond acceptors (Lipinski definition) is 2. The van der Waals surface area contributed by atoms with E-state index in [4.69, 9.17) is 0 Å². The zero-order chi connectivity index (χ0) is 14.5. The van der Waals surface area contributed by atoms with Crippen molar-refractivity contribution < 1.29 is 4.79 Å². The van der Waals surface area contributed by atoms with Crippen LogP contribution in [0.5, 0.6) is 0 Å². The van der Waals surface area contributed by atoms with Crippen LogP contribution < -0.4 is 0 Å². The Labute approximate surface area is 123 Å². The van der Waals surface area contributed by atoms with Gasteiger partial charge in [0.1, 0.15) is 5.78 Å². The number of piperidine rings is 1. The molecule has 0 saturated carbocycles. The zero-order valence-electron chi connectivity index (χ0n) is 13.1. The van der Waals surface area contributed by atoms with Crippen LogP contribution in [-0.4, -0.2) is 23.8 Å². The van der Waals surface area contributed by atoms with Crippen molar-refractivity contribution in [2.24, 2.45) is 5.92 Å². The Hall–Kier alpha value is -1.15. The fraction of sp³-hybridized carbons (Fsp3) is 0.611. The molecule has 1 aromatic rings. The topological polar surface area (TPSA) is 20.3 Å². The van der Waals surface area contributed by atoms with Gasteiger partial charge in [0.05, 0.1) is 0 Å². The fourth-order valence-corrected chi connectivity index (χ4v) is 3.05. The maximum Gasteiger partial charge on any atom is 0.131 e. The lowest BCUT2D eigenvalue weighted by Crippen LogP contribution is -2.37. The third-order valence-electron chi connectivity index (χ3n) is 4.51. The van der Waals surface area contributed by atoms with Crippen molar-refractivity contribution in [3.8, 4) is 0 Å². The van der Waals surface area contributed by atoms with E-state index in [0.29, 0.717) is 6.42 Å². The van der Waals surface area contributed by atoms with Crippen molar-refractivity contribution >= 4 is 5.78 Å². The molecule has 1 unspecified atom stereocenters. The minimum absolute atomic E-state index is 0.269. The van der Waals surface area contributed by atoms with Crippen LogP contribution in [-0.2, 0) is 11.2 Å². The number of hydrogen-bond donors (Lipinski definition) is 0. The molecule has 1 aromatic carbocycles. The largest absolute Gasteiger partial charge is 0.300 e. The number of likely N-dealkylation sites (tertiary alicyclic amines) is 1. The number of Topliss-reactive ketones (excluding diaryl/α,β-unsaturated/α-hetero) is 1. The molecular weight excluding hydrogens is 246 g/mol. The number of benzene rings is 1. The van der Waals surface area contributed by atoms with Crippen molar-refractivity contribution in [3.63, 3.8) is 0 Å². The standard InChI is InChI=1S/C18H27NO/c1-4-16-5-7-17(8-6-16)18(13-15(3)20)19-11-9-14(2)10-12-19/h5-8,14,18H,4,9-13H2,1-3H3. The summed E-state index contributed by atoms with van der Waals surface area (Å²) >= 11 is 0. The first-order chi connectivity index (χ1) is 9.60.